The molecule has 100 valence electrons. The van der Waals surface area contributed by atoms with Gasteiger partial charge in [-0.1, -0.05) is 13.8 Å². The van der Waals surface area contributed by atoms with Crippen LogP contribution in [0.25, 0.3) is 11.0 Å². The van der Waals surface area contributed by atoms with Crippen molar-refractivity contribution in [2.45, 2.75) is 41.2 Å². The van der Waals surface area contributed by atoms with Gasteiger partial charge in [-0.2, -0.15) is 0 Å². The molecule has 5 heteroatoms. The van der Waals surface area contributed by atoms with Crippen LogP contribution in [0.5, 0.6) is 0 Å². The summed E-state index contributed by atoms with van der Waals surface area (Å²) in [6.07, 6.45) is 0. The number of pyridine rings is 1. The van der Waals surface area contributed by atoms with Crippen LogP contribution in [-0.2, 0) is 11.3 Å². The number of rotatable bonds is 3. The highest BCUT2D eigenvalue weighted by Gasteiger charge is 2.11. The molecule has 2 aromatic heterocycles. The third kappa shape index (κ3) is 2.79. The average molecular weight is 250 g/mol. The summed E-state index contributed by atoms with van der Waals surface area (Å²) in [6, 6.07) is 0. The zero-order chi connectivity index (χ0) is 13.7. The average Bonchev–Trinajstić information content (AvgIpc) is 2.81. The van der Waals surface area contributed by atoms with E-state index in [4.69, 9.17) is 10.5 Å². The lowest BCUT2D eigenvalue weighted by Crippen LogP contribution is -1.96. The van der Waals surface area contributed by atoms with Crippen molar-refractivity contribution in [3.63, 3.8) is 0 Å². The Hall–Kier alpha value is -1.62. The first-order valence-electron chi connectivity index (χ1n) is 6.32. The molecule has 0 aliphatic rings. The number of nitrogens with two attached hydrogens (primary N) is 1. The van der Waals surface area contributed by atoms with Gasteiger partial charge in [-0.3, -0.25) is 0 Å². The van der Waals surface area contributed by atoms with Gasteiger partial charge in [-0.25, -0.2) is 9.97 Å². The van der Waals surface area contributed by atoms with Crippen LogP contribution in [0.15, 0.2) is 0 Å². The van der Waals surface area contributed by atoms with Crippen LogP contribution >= 0.6 is 0 Å². The number of aromatic nitrogens is 3. The lowest BCUT2D eigenvalue weighted by molar-refractivity contribution is 0.129. The van der Waals surface area contributed by atoms with Crippen molar-refractivity contribution in [3.8, 4) is 0 Å². The van der Waals surface area contributed by atoms with Gasteiger partial charge < -0.3 is 15.5 Å². The number of aromatic amines is 1. The van der Waals surface area contributed by atoms with E-state index < -0.39 is 0 Å². The van der Waals surface area contributed by atoms with E-state index in [1.54, 1.807) is 0 Å². The SMILES string of the molecule is CC.CCOCc1nc2c(C)c(C)nc(N)c2[nH]1. The molecule has 18 heavy (non-hydrogen) atoms. The highest BCUT2D eigenvalue weighted by atomic mass is 16.5. The van der Waals surface area contributed by atoms with Crippen molar-refractivity contribution in [2.75, 3.05) is 12.3 Å². The molecule has 0 aromatic carbocycles. The van der Waals surface area contributed by atoms with Crippen LogP contribution in [0.1, 0.15) is 37.9 Å². The number of ether oxygens (including phenoxy) is 1. The monoisotopic (exact) mass is 250 g/mol. The van der Waals surface area contributed by atoms with Gasteiger partial charge in [0.05, 0.1) is 5.52 Å². The van der Waals surface area contributed by atoms with E-state index in [0.717, 1.165) is 28.1 Å². The number of hydrogen-bond donors (Lipinski definition) is 2. The van der Waals surface area contributed by atoms with E-state index in [-0.39, 0.29) is 0 Å². The predicted octanol–water partition coefficient (Wildman–Crippen LogP) is 2.72. The summed E-state index contributed by atoms with van der Waals surface area (Å²) in [6.45, 7) is 11.0. The first kappa shape index (κ1) is 14.4. The maximum atomic E-state index is 5.84. The third-order valence-corrected chi connectivity index (χ3v) is 2.64. The molecule has 0 aliphatic heterocycles. The maximum absolute atomic E-state index is 5.84. The molecule has 0 unspecified atom stereocenters. The molecule has 2 rings (SSSR count). The Morgan fingerprint density at radius 3 is 2.50 bits per heavy atom. The Bertz CT molecular complexity index is 519. The second-order valence-corrected chi connectivity index (χ2v) is 3.75. The molecule has 0 fully saturated rings. The van der Waals surface area contributed by atoms with E-state index in [0.29, 0.717) is 19.0 Å². The molecule has 2 heterocycles. The van der Waals surface area contributed by atoms with Gasteiger partial charge in [0.2, 0.25) is 0 Å². The fraction of sp³-hybridized carbons (Fsp3) is 0.538. The highest BCUT2D eigenvalue weighted by molar-refractivity contribution is 5.87. The number of nitrogens with one attached hydrogen (secondary N) is 1. The molecule has 2 aromatic rings. The number of nitrogens with zero attached hydrogens (tertiary/aromatic N) is 2. The van der Waals surface area contributed by atoms with E-state index in [2.05, 4.69) is 15.0 Å². The number of nitrogen functional groups attached to an aromatic ring is 1. The molecule has 0 saturated carbocycles. The molecular weight excluding hydrogens is 228 g/mol. The summed E-state index contributed by atoms with van der Waals surface area (Å²) < 4.78 is 5.30. The van der Waals surface area contributed by atoms with E-state index in [1.165, 1.54) is 0 Å². The number of anilines is 1. The summed E-state index contributed by atoms with van der Waals surface area (Å²) in [7, 11) is 0. The number of imidazole rings is 1. The van der Waals surface area contributed by atoms with Gasteiger partial charge >= 0.3 is 0 Å². The third-order valence-electron chi connectivity index (χ3n) is 2.64. The van der Waals surface area contributed by atoms with Crippen LogP contribution in [0.3, 0.4) is 0 Å². The first-order valence-corrected chi connectivity index (χ1v) is 6.32. The Morgan fingerprint density at radius 2 is 1.89 bits per heavy atom. The Morgan fingerprint density at radius 1 is 1.22 bits per heavy atom. The lowest BCUT2D eigenvalue weighted by Gasteiger charge is -2.01. The standard InChI is InChI=1S/C11H16N4O.C2H6/c1-4-16-5-8-14-9-6(2)7(3)13-11(12)10(9)15-8;1-2/h4-5H2,1-3H3,(H2,12,13)(H,14,15);1-2H3. The van der Waals surface area contributed by atoms with Crippen LogP contribution in [0.2, 0.25) is 0 Å². The second kappa shape index (κ2) is 6.35. The fourth-order valence-electron chi connectivity index (χ4n) is 1.64. The number of aryl methyl sites for hydroxylation is 2. The Balaban J connectivity index is 0.000000771. The number of fused-ring (bicyclic) bond motifs is 1. The highest BCUT2D eigenvalue weighted by Crippen LogP contribution is 2.22. The van der Waals surface area contributed by atoms with Crippen molar-refractivity contribution in [1.29, 1.82) is 0 Å². The zero-order valence-corrected chi connectivity index (χ0v) is 11.8. The smallest absolute Gasteiger partial charge is 0.149 e. The van der Waals surface area contributed by atoms with E-state index in [9.17, 15) is 0 Å². The summed E-state index contributed by atoms with van der Waals surface area (Å²) in [5, 5.41) is 0. The van der Waals surface area contributed by atoms with Gasteiger partial charge in [-0.05, 0) is 26.3 Å². The molecule has 0 radical (unpaired) electrons. The normalized spacial score (nSPS) is 10.3. The minimum Gasteiger partial charge on any atom is -0.382 e. The molecule has 0 aliphatic carbocycles. The van der Waals surface area contributed by atoms with Crippen molar-refractivity contribution >= 4 is 16.9 Å². The predicted molar refractivity (Wildman–Crippen MR) is 74.5 cm³/mol. The van der Waals surface area contributed by atoms with Gasteiger partial charge in [0.25, 0.3) is 0 Å². The maximum Gasteiger partial charge on any atom is 0.149 e. The van der Waals surface area contributed by atoms with Crippen molar-refractivity contribution in [3.05, 3.63) is 17.1 Å². The van der Waals surface area contributed by atoms with E-state index in [1.807, 2.05) is 34.6 Å². The number of H-pyrrole nitrogens is 1. The molecule has 3 N–H and O–H groups in total. The van der Waals surface area contributed by atoms with Crippen molar-refractivity contribution in [1.82, 2.24) is 15.0 Å². The minimum atomic E-state index is 0.475. The van der Waals surface area contributed by atoms with Gasteiger partial charge in [0.15, 0.2) is 0 Å². The second-order valence-electron chi connectivity index (χ2n) is 3.75. The summed E-state index contributed by atoms with van der Waals surface area (Å²) in [4.78, 5) is 11.9. The summed E-state index contributed by atoms with van der Waals surface area (Å²) in [5.41, 5.74) is 9.51. The molecule has 0 bridgehead atoms. The van der Waals surface area contributed by atoms with Gasteiger partial charge in [0, 0.05) is 12.3 Å². The van der Waals surface area contributed by atoms with Crippen molar-refractivity contribution < 1.29 is 4.74 Å². The number of hydrogen-bond acceptors (Lipinski definition) is 4. The van der Waals surface area contributed by atoms with Gasteiger partial charge in [0.1, 0.15) is 23.8 Å². The quantitative estimate of drug-likeness (QED) is 0.878. The fourth-order valence-corrected chi connectivity index (χ4v) is 1.64. The molecule has 0 saturated heterocycles. The summed E-state index contributed by atoms with van der Waals surface area (Å²) in [5.74, 6) is 1.28. The van der Waals surface area contributed by atoms with Crippen LogP contribution in [-0.4, -0.2) is 21.6 Å². The summed E-state index contributed by atoms with van der Waals surface area (Å²) >= 11 is 0. The van der Waals surface area contributed by atoms with Crippen LogP contribution in [0.4, 0.5) is 5.82 Å². The van der Waals surface area contributed by atoms with Crippen LogP contribution in [0, 0.1) is 13.8 Å². The topological polar surface area (TPSA) is 76.8 Å². The molecule has 0 atom stereocenters. The van der Waals surface area contributed by atoms with Crippen LogP contribution < -0.4 is 5.73 Å². The Kier molecular flexibility index (Phi) is 5.09. The zero-order valence-electron chi connectivity index (χ0n) is 11.8. The first-order chi connectivity index (χ1) is 8.63. The van der Waals surface area contributed by atoms with Gasteiger partial charge in [-0.15, -0.1) is 0 Å². The minimum absolute atomic E-state index is 0.475. The Labute approximate surface area is 108 Å². The molecule has 5 nitrogen and oxygen atoms in total. The molecule has 0 amide bonds. The molecule has 0 spiro atoms. The molecular formula is C13H22N4O. The van der Waals surface area contributed by atoms with E-state index >= 15 is 0 Å². The lowest BCUT2D eigenvalue weighted by atomic mass is 10.2. The largest absolute Gasteiger partial charge is 0.382 e. The van der Waals surface area contributed by atoms with Crippen molar-refractivity contribution in [2.24, 2.45) is 0 Å².